The van der Waals surface area contributed by atoms with E-state index in [0.29, 0.717) is 36.9 Å². The Morgan fingerprint density at radius 2 is 1.33 bits per heavy atom. The van der Waals surface area contributed by atoms with Gasteiger partial charge in [0.15, 0.2) is 11.5 Å². The summed E-state index contributed by atoms with van der Waals surface area (Å²) in [4.78, 5) is 9.72. The van der Waals surface area contributed by atoms with Crippen LogP contribution in [0.2, 0.25) is 0 Å². The second-order valence-electron chi connectivity index (χ2n) is 9.76. The van der Waals surface area contributed by atoms with Crippen molar-refractivity contribution in [1.29, 1.82) is 0 Å². The number of fused-ring (bicyclic) bond motifs is 1. The smallest absolute Gasteiger partial charge is 0.203 e. The number of hydrogen-bond acceptors (Lipinski definition) is 6. The molecule has 0 saturated heterocycles. The number of methoxy groups -OCH3 is 2. The van der Waals surface area contributed by atoms with E-state index in [2.05, 4.69) is 59.6 Å². The van der Waals surface area contributed by atoms with Crippen LogP contribution >= 0.6 is 0 Å². The minimum atomic E-state index is -0.0166. The van der Waals surface area contributed by atoms with Crippen molar-refractivity contribution in [3.63, 3.8) is 0 Å². The van der Waals surface area contributed by atoms with Crippen LogP contribution in [0.15, 0.2) is 102 Å². The highest BCUT2D eigenvalue weighted by atomic mass is 16.5. The predicted molar refractivity (Wildman–Crippen MR) is 169 cm³/mol. The van der Waals surface area contributed by atoms with Crippen LogP contribution in [0.25, 0.3) is 10.8 Å². The quantitative estimate of drug-likeness (QED) is 0.144. The molecule has 214 valence electrons. The fourth-order valence-corrected chi connectivity index (χ4v) is 5.19. The molecule has 4 aromatic carbocycles. The number of benzene rings is 4. The first-order valence-corrected chi connectivity index (χ1v) is 14.2. The highest BCUT2D eigenvalue weighted by Gasteiger charge is 2.17. The summed E-state index contributed by atoms with van der Waals surface area (Å²) in [6, 6.07) is 28.9. The fraction of sp³-hybridized carbons (Fsp3) is 0.222. The van der Waals surface area contributed by atoms with Crippen LogP contribution in [0, 0.1) is 0 Å². The van der Waals surface area contributed by atoms with Gasteiger partial charge in [-0.3, -0.25) is 9.98 Å². The van der Waals surface area contributed by atoms with Crippen molar-refractivity contribution in [1.82, 2.24) is 4.98 Å². The van der Waals surface area contributed by atoms with Crippen LogP contribution in [-0.2, 0) is 6.42 Å². The van der Waals surface area contributed by atoms with E-state index in [1.54, 1.807) is 14.2 Å². The van der Waals surface area contributed by atoms with E-state index in [4.69, 9.17) is 23.9 Å². The molecule has 6 nitrogen and oxygen atoms in total. The van der Waals surface area contributed by atoms with Gasteiger partial charge < -0.3 is 18.9 Å². The molecular weight excluding hydrogens is 524 g/mol. The Hall–Kier alpha value is -4.84. The summed E-state index contributed by atoms with van der Waals surface area (Å²) in [7, 11) is 3.27. The van der Waals surface area contributed by atoms with Crippen molar-refractivity contribution >= 4 is 22.7 Å². The molecule has 0 radical (unpaired) electrons. The number of aliphatic imine (C=N–C) groups is 1. The minimum Gasteiger partial charge on any atom is -0.493 e. The molecule has 0 saturated carbocycles. The zero-order chi connectivity index (χ0) is 29.3. The van der Waals surface area contributed by atoms with Crippen molar-refractivity contribution in [2.45, 2.75) is 26.2 Å². The molecule has 1 aromatic heterocycles. The highest BCUT2D eigenvalue weighted by molar-refractivity contribution is 5.98. The normalized spacial score (nSPS) is 11.3. The number of ether oxygens (including phenoxy) is 4. The van der Waals surface area contributed by atoms with E-state index in [1.165, 1.54) is 11.1 Å². The van der Waals surface area contributed by atoms with Gasteiger partial charge in [-0.15, -0.1) is 0 Å². The summed E-state index contributed by atoms with van der Waals surface area (Å²) >= 11 is 0. The van der Waals surface area contributed by atoms with E-state index in [9.17, 15) is 0 Å². The molecule has 0 aliphatic rings. The maximum absolute atomic E-state index is 6.06. The summed E-state index contributed by atoms with van der Waals surface area (Å²) in [5.41, 5.74) is 5.18. The first kappa shape index (κ1) is 28.7. The summed E-state index contributed by atoms with van der Waals surface area (Å²) < 4.78 is 23.1. The molecule has 6 heteroatoms. The highest BCUT2D eigenvalue weighted by Crippen LogP contribution is 2.41. The Kier molecular flexibility index (Phi) is 9.34. The lowest BCUT2D eigenvalue weighted by molar-refractivity contribution is 0.288. The summed E-state index contributed by atoms with van der Waals surface area (Å²) in [6.45, 7) is 4.97. The largest absolute Gasteiger partial charge is 0.493 e. The van der Waals surface area contributed by atoms with Crippen molar-refractivity contribution in [2.75, 3.05) is 27.4 Å². The predicted octanol–water partition coefficient (Wildman–Crippen LogP) is 8.17. The third kappa shape index (κ3) is 6.23. The summed E-state index contributed by atoms with van der Waals surface area (Å²) in [5, 5.41) is 1.99. The van der Waals surface area contributed by atoms with Gasteiger partial charge in [0.1, 0.15) is 11.4 Å². The molecule has 5 aromatic rings. The molecule has 1 heterocycles. The lowest BCUT2D eigenvalue weighted by Crippen LogP contribution is -2.03. The van der Waals surface area contributed by atoms with Gasteiger partial charge in [0, 0.05) is 29.9 Å². The first-order chi connectivity index (χ1) is 20.7. The Labute approximate surface area is 247 Å². The molecule has 5 rings (SSSR count). The van der Waals surface area contributed by atoms with E-state index in [1.807, 2.05) is 62.8 Å². The molecular formula is C36H36N2O4. The lowest BCUT2D eigenvalue weighted by atomic mass is 9.92. The molecule has 0 spiro atoms. The number of pyridine rings is 1. The Morgan fingerprint density at radius 3 is 1.90 bits per heavy atom. The SMILES string of the molecule is CCOc1ccc2c(Cc3cc(OC)c(OCC)c(OC)c3)cncc2c1N=CC(c1ccccc1)c1ccccc1. The average Bonchev–Trinajstić information content (AvgIpc) is 3.03. The van der Waals surface area contributed by atoms with Gasteiger partial charge in [0.2, 0.25) is 5.75 Å². The summed E-state index contributed by atoms with van der Waals surface area (Å²) in [5.74, 6) is 2.58. The standard InChI is InChI=1S/C36H36N2O4/c1-5-41-32-18-17-29-28(19-25-20-33(39-3)36(42-6-2)34(21-25)40-4)22-37-23-31(29)35(32)38-24-30(26-13-9-7-10-14-26)27-15-11-8-12-16-27/h7-18,20-24,30H,5-6,19H2,1-4H3. The molecule has 0 bridgehead atoms. The van der Waals surface area contributed by atoms with Crippen molar-refractivity contribution in [2.24, 2.45) is 4.99 Å². The average molecular weight is 561 g/mol. The Morgan fingerprint density at radius 1 is 0.714 bits per heavy atom. The van der Waals surface area contributed by atoms with Crippen molar-refractivity contribution < 1.29 is 18.9 Å². The molecule has 0 amide bonds. The van der Waals surface area contributed by atoms with Crippen LogP contribution in [0.5, 0.6) is 23.0 Å². The zero-order valence-electron chi connectivity index (χ0n) is 24.5. The van der Waals surface area contributed by atoms with E-state index in [0.717, 1.165) is 33.3 Å². The van der Waals surface area contributed by atoms with Crippen LogP contribution in [-0.4, -0.2) is 38.6 Å². The maximum Gasteiger partial charge on any atom is 0.203 e. The molecule has 42 heavy (non-hydrogen) atoms. The molecule has 0 unspecified atom stereocenters. The van der Waals surface area contributed by atoms with Gasteiger partial charge in [-0.1, -0.05) is 66.7 Å². The van der Waals surface area contributed by atoms with Crippen LogP contribution < -0.4 is 18.9 Å². The lowest BCUT2D eigenvalue weighted by Gasteiger charge is -2.17. The fourth-order valence-electron chi connectivity index (χ4n) is 5.19. The van der Waals surface area contributed by atoms with Crippen LogP contribution in [0.4, 0.5) is 5.69 Å². The molecule has 0 aliphatic heterocycles. The number of nitrogens with zero attached hydrogens (tertiary/aromatic N) is 2. The topological polar surface area (TPSA) is 62.2 Å². The van der Waals surface area contributed by atoms with Crippen molar-refractivity contribution in [3.8, 4) is 23.0 Å². The number of rotatable bonds is 12. The molecule has 0 atom stereocenters. The number of hydrogen-bond donors (Lipinski definition) is 0. The minimum absolute atomic E-state index is 0.0166. The third-order valence-electron chi connectivity index (χ3n) is 7.13. The second-order valence-corrected chi connectivity index (χ2v) is 9.76. The third-order valence-corrected chi connectivity index (χ3v) is 7.13. The van der Waals surface area contributed by atoms with Gasteiger partial charge in [-0.2, -0.15) is 0 Å². The number of aromatic nitrogens is 1. The zero-order valence-corrected chi connectivity index (χ0v) is 24.5. The van der Waals surface area contributed by atoms with Gasteiger partial charge in [-0.25, -0.2) is 0 Å². The van der Waals surface area contributed by atoms with Gasteiger partial charge in [0.05, 0.1) is 27.4 Å². The molecule has 0 fully saturated rings. The first-order valence-electron chi connectivity index (χ1n) is 14.2. The monoisotopic (exact) mass is 560 g/mol. The second kappa shape index (κ2) is 13.7. The van der Waals surface area contributed by atoms with Gasteiger partial charge in [-0.05, 0) is 66.1 Å². The van der Waals surface area contributed by atoms with Crippen LogP contribution in [0.1, 0.15) is 42.0 Å². The molecule has 0 N–H and O–H groups in total. The molecule has 0 aliphatic carbocycles. The Balaban J connectivity index is 1.59. The van der Waals surface area contributed by atoms with E-state index < -0.39 is 0 Å². The maximum atomic E-state index is 6.06. The van der Waals surface area contributed by atoms with Gasteiger partial charge in [0.25, 0.3) is 0 Å². The van der Waals surface area contributed by atoms with Crippen LogP contribution in [0.3, 0.4) is 0 Å². The Bertz CT molecular complexity index is 1590. The van der Waals surface area contributed by atoms with Gasteiger partial charge >= 0.3 is 0 Å². The summed E-state index contributed by atoms with van der Waals surface area (Å²) in [6.07, 6.45) is 6.41. The van der Waals surface area contributed by atoms with Crippen molar-refractivity contribution in [3.05, 3.63) is 120 Å². The van der Waals surface area contributed by atoms with E-state index >= 15 is 0 Å². The van der Waals surface area contributed by atoms with E-state index in [-0.39, 0.29) is 5.92 Å².